The molecular formula is C41H81NO4. The van der Waals surface area contributed by atoms with Crippen molar-refractivity contribution >= 4 is 11.9 Å². The Morgan fingerprint density at radius 2 is 0.848 bits per heavy atom. The van der Waals surface area contributed by atoms with Crippen molar-refractivity contribution < 1.29 is 19.1 Å². The van der Waals surface area contributed by atoms with Gasteiger partial charge in [-0.1, -0.05) is 156 Å². The fourth-order valence-corrected chi connectivity index (χ4v) is 6.38. The maximum absolute atomic E-state index is 12.9. The third-order valence-corrected chi connectivity index (χ3v) is 9.41. The van der Waals surface area contributed by atoms with Crippen molar-refractivity contribution in [1.29, 1.82) is 0 Å². The van der Waals surface area contributed by atoms with Crippen LogP contribution in [0.5, 0.6) is 0 Å². The molecule has 0 aliphatic rings. The number of hydrogen-bond acceptors (Lipinski definition) is 5. The molecule has 0 saturated heterocycles. The van der Waals surface area contributed by atoms with E-state index in [9.17, 15) is 9.59 Å². The Labute approximate surface area is 288 Å². The van der Waals surface area contributed by atoms with Crippen LogP contribution >= 0.6 is 0 Å². The number of rotatable bonds is 37. The van der Waals surface area contributed by atoms with E-state index in [-0.39, 0.29) is 17.9 Å². The van der Waals surface area contributed by atoms with E-state index in [1.807, 2.05) is 0 Å². The first-order chi connectivity index (χ1) is 22.6. The second-order valence-corrected chi connectivity index (χ2v) is 14.0. The average Bonchev–Trinajstić information content (AvgIpc) is 3.05. The molecule has 0 bridgehead atoms. The molecular weight excluding hydrogens is 570 g/mol. The molecule has 1 atom stereocenters. The predicted octanol–water partition coefficient (Wildman–Crippen LogP) is 12.4. The summed E-state index contributed by atoms with van der Waals surface area (Å²) in [5.74, 6) is 0.184. The van der Waals surface area contributed by atoms with Crippen LogP contribution in [0.15, 0.2) is 0 Å². The van der Waals surface area contributed by atoms with Gasteiger partial charge in [-0.05, 0) is 71.0 Å². The van der Waals surface area contributed by atoms with Gasteiger partial charge in [0.1, 0.15) is 0 Å². The molecule has 1 unspecified atom stereocenters. The van der Waals surface area contributed by atoms with Gasteiger partial charge in [0.05, 0.1) is 19.1 Å². The highest BCUT2D eigenvalue weighted by Crippen LogP contribution is 2.21. The molecule has 0 aliphatic carbocycles. The lowest BCUT2D eigenvalue weighted by Gasteiger charge is -2.21. The van der Waals surface area contributed by atoms with Gasteiger partial charge in [0, 0.05) is 6.42 Å². The third-order valence-electron chi connectivity index (χ3n) is 9.41. The number of carbonyl (C=O) groups is 2. The molecule has 5 heteroatoms. The average molecular weight is 652 g/mol. The van der Waals surface area contributed by atoms with Crippen LogP contribution in [0.3, 0.4) is 0 Å². The standard InChI is InChI=1S/C41H81NO4/c1-5-9-12-15-19-25-32-39(31-24-18-13-10-6-2)41(44)46-38-30-23-17-22-28-36-42(34-8-4)35-27-21-16-20-26-33-40(43)45-37-29-14-11-7-3/h39H,5-38H2,1-4H3. The van der Waals surface area contributed by atoms with E-state index >= 15 is 0 Å². The molecule has 274 valence electrons. The van der Waals surface area contributed by atoms with Crippen LogP contribution < -0.4 is 0 Å². The number of unbranched alkanes of at least 4 members (excludes halogenated alkanes) is 20. The van der Waals surface area contributed by atoms with E-state index in [0.717, 1.165) is 51.4 Å². The molecule has 0 aromatic rings. The van der Waals surface area contributed by atoms with Gasteiger partial charge in [0.25, 0.3) is 0 Å². The van der Waals surface area contributed by atoms with Crippen LogP contribution in [0.4, 0.5) is 0 Å². The zero-order valence-electron chi connectivity index (χ0n) is 31.7. The molecule has 0 aliphatic heterocycles. The zero-order chi connectivity index (χ0) is 33.8. The maximum Gasteiger partial charge on any atom is 0.308 e. The highest BCUT2D eigenvalue weighted by Gasteiger charge is 2.19. The van der Waals surface area contributed by atoms with E-state index in [0.29, 0.717) is 19.6 Å². The molecule has 0 N–H and O–H groups in total. The maximum atomic E-state index is 12.9. The van der Waals surface area contributed by atoms with Gasteiger partial charge < -0.3 is 14.4 Å². The quantitative estimate of drug-likeness (QED) is 0.0494. The molecule has 0 saturated carbocycles. The summed E-state index contributed by atoms with van der Waals surface area (Å²) in [6.45, 7) is 13.8. The molecule has 0 heterocycles. The van der Waals surface area contributed by atoms with Crippen LogP contribution in [0.1, 0.15) is 214 Å². The van der Waals surface area contributed by atoms with E-state index in [2.05, 4.69) is 32.6 Å². The van der Waals surface area contributed by atoms with Crippen molar-refractivity contribution in [3.63, 3.8) is 0 Å². The molecule has 0 fully saturated rings. The van der Waals surface area contributed by atoms with Crippen molar-refractivity contribution in [1.82, 2.24) is 4.90 Å². The van der Waals surface area contributed by atoms with Gasteiger partial charge in [-0.2, -0.15) is 0 Å². The first-order valence-electron chi connectivity index (χ1n) is 20.6. The van der Waals surface area contributed by atoms with E-state index in [4.69, 9.17) is 9.47 Å². The Morgan fingerprint density at radius 1 is 0.435 bits per heavy atom. The van der Waals surface area contributed by atoms with E-state index in [1.54, 1.807) is 0 Å². The first-order valence-corrected chi connectivity index (χ1v) is 20.6. The Balaban J connectivity index is 3.95. The van der Waals surface area contributed by atoms with E-state index in [1.165, 1.54) is 148 Å². The highest BCUT2D eigenvalue weighted by molar-refractivity contribution is 5.72. The van der Waals surface area contributed by atoms with Crippen LogP contribution in [-0.2, 0) is 19.1 Å². The van der Waals surface area contributed by atoms with Crippen LogP contribution in [-0.4, -0.2) is 49.7 Å². The first kappa shape index (κ1) is 44.9. The number of carbonyl (C=O) groups excluding carboxylic acids is 2. The largest absolute Gasteiger partial charge is 0.466 e. The van der Waals surface area contributed by atoms with Crippen molar-refractivity contribution in [2.45, 2.75) is 214 Å². The Kier molecular flexibility index (Phi) is 35.9. The summed E-state index contributed by atoms with van der Waals surface area (Å²) >= 11 is 0. The molecule has 0 spiro atoms. The SMILES string of the molecule is CCCCCCCCC(CCCCCCC)C(=O)OCCCCCCCN(CCC)CCCCCCCC(=O)OCCCCCC. The molecule has 5 nitrogen and oxygen atoms in total. The lowest BCUT2D eigenvalue weighted by molar-refractivity contribution is -0.149. The van der Waals surface area contributed by atoms with Crippen molar-refractivity contribution in [3.05, 3.63) is 0 Å². The summed E-state index contributed by atoms with van der Waals surface area (Å²) in [6.07, 6.45) is 34.2. The predicted molar refractivity (Wildman–Crippen MR) is 198 cm³/mol. The molecule has 46 heavy (non-hydrogen) atoms. The number of hydrogen-bond donors (Lipinski definition) is 0. The molecule has 0 aromatic heterocycles. The third kappa shape index (κ3) is 31.5. The van der Waals surface area contributed by atoms with Crippen molar-refractivity contribution in [2.75, 3.05) is 32.8 Å². The smallest absolute Gasteiger partial charge is 0.308 e. The van der Waals surface area contributed by atoms with Gasteiger partial charge in [-0.3, -0.25) is 9.59 Å². The normalized spacial score (nSPS) is 12.1. The minimum absolute atomic E-state index is 0.0115. The summed E-state index contributed by atoms with van der Waals surface area (Å²) in [6, 6.07) is 0. The lowest BCUT2D eigenvalue weighted by Crippen LogP contribution is -2.27. The van der Waals surface area contributed by atoms with Gasteiger partial charge in [0.2, 0.25) is 0 Å². The number of esters is 2. The summed E-state index contributed by atoms with van der Waals surface area (Å²) in [4.78, 5) is 27.4. The summed E-state index contributed by atoms with van der Waals surface area (Å²) < 4.78 is 11.1. The lowest BCUT2D eigenvalue weighted by atomic mass is 9.94. The molecule has 0 radical (unpaired) electrons. The van der Waals surface area contributed by atoms with Crippen molar-refractivity contribution in [3.8, 4) is 0 Å². The summed E-state index contributed by atoms with van der Waals surface area (Å²) in [5.41, 5.74) is 0. The van der Waals surface area contributed by atoms with Crippen LogP contribution in [0.2, 0.25) is 0 Å². The van der Waals surface area contributed by atoms with Crippen molar-refractivity contribution in [2.24, 2.45) is 5.92 Å². The second kappa shape index (κ2) is 36.7. The molecule has 0 rings (SSSR count). The fraction of sp³-hybridized carbons (Fsp3) is 0.951. The summed E-state index contributed by atoms with van der Waals surface area (Å²) in [5, 5.41) is 0. The van der Waals surface area contributed by atoms with Gasteiger partial charge >= 0.3 is 11.9 Å². The Morgan fingerprint density at radius 3 is 1.37 bits per heavy atom. The minimum Gasteiger partial charge on any atom is -0.466 e. The van der Waals surface area contributed by atoms with Gasteiger partial charge in [-0.25, -0.2) is 0 Å². The fourth-order valence-electron chi connectivity index (χ4n) is 6.38. The van der Waals surface area contributed by atoms with Gasteiger partial charge in [-0.15, -0.1) is 0 Å². The van der Waals surface area contributed by atoms with Crippen LogP contribution in [0.25, 0.3) is 0 Å². The minimum atomic E-state index is -0.0115. The molecule has 0 aromatic carbocycles. The number of nitrogens with zero attached hydrogens (tertiary/aromatic N) is 1. The van der Waals surface area contributed by atoms with Gasteiger partial charge in [0.15, 0.2) is 0 Å². The molecule has 0 amide bonds. The topological polar surface area (TPSA) is 55.8 Å². The Hall–Kier alpha value is -1.10. The van der Waals surface area contributed by atoms with Crippen LogP contribution in [0, 0.1) is 5.92 Å². The summed E-state index contributed by atoms with van der Waals surface area (Å²) in [7, 11) is 0. The monoisotopic (exact) mass is 652 g/mol. The zero-order valence-corrected chi connectivity index (χ0v) is 31.7. The van der Waals surface area contributed by atoms with E-state index < -0.39 is 0 Å². The number of ether oxygens (including phenoxy) is 2. The second-order valence-electron chi connectivity index (χ2n) is 14.0. The Bertz CT molecular complexity index is 640. The highest BCUT2D eigenvalue weighted by atomic mass is 16.5.